The molecular formula is C42H85N2O7P. The molecular weight excluding hydrogens is 675 g/mol. The molecule has 0 rings (SSSR count). The van der Waals surface area contributed by atoms with E-state index in [-0.39, 0.29) is 26.2 Å². The zero-order valence-electron chi connectivity index (χ0n) is 33.9. The van der Waals surface area contributed by atoms with Gasteiger partial charge in [0.15, 0.2) is 0 Å². The van der Waals surface area contributed by atoms with Gasteiger partial charge in [0, 0.05) is 6.54 Å². The molecule has 310 valence electrons. The molecule has 6 N–H and O–H groups in total. The highest BCUT2D eigenvalue weighted by atomic mass is 31.2. The third-order valence-corrected chi connectivity index (χ3v) is 10.9. The monoisotopic (exact) mass is 761 g/mol. The Morgan fingerprint density at radius 2 is 1.04 bits per heavy atom. The van der Waals surface area contributed by atoms with E-state index in [1.165, 1.54) is 135 Å². The van der Waals surface area contributed by atoms with Gasteiger partial charge >= 0.3 is 7.82 Å². The molecule has 0 heterocycles. The lowest BCUT2D eigenvalue weighted by Gasteiger charge is -2.25. The van der Waals surface area contributed by atoms with Crippen LogP contribution < -0.4 is 11.1 Å². The summed E-state index contributed by atoms with van der Waals surface area (Å²) in [4.78, 5) is 22.8. The molecule has 9 nitrogen and oxygen atoms in total. The first-order valence-corrected chi connectivity index (χ1v) is 23.4. The van der Waals surface area contributed by atoms with Gasteiger partial charge in [0.1, 0.15) is 0 Å². The van der Waals surface area contributed by atoms with Gasteiger partial charge in [-0.25, -0.2) is 4.57 Å². The molecule has 0 aromatic heterocycles. The Hall–Kier alpha value is -0.800. The quantitative estimate of drug-likeness (QED) is 0.0235. The van der Waals surface area contributed by atoms with Crippen LogP contribution in [0.1, 0.15) is 213 Å². The van der Waals surface area contributed by atoms with Crippen LogP contribution in [0.25, 0.3) is 0 Å². The second kappa shape index (κ2) is 38.5. The number of aliphatic hydroxyl groups excluding tert-OH is 2. The highest BCUT2D eigenvalue weighted by molar-refractivity contribution is 7.47. The molecule has 0 spiro atoms. The van der Waals surface area contributed by atoms with E-state index in [1.807, 2.05) is 0 Å². The van der Waals surface area contributed by atoms with Crippen molar-refractivity contribution < 1.29 is 33.5 Å². The number of unbranched alkanes of at least 4 members (excludes halogenated alkanes) is 25. The van der Waals surface area contributed by atoms with Crippen molar-refractivity contribution in [2.75, 3.05) is 19.8 Å². The topological polar surface area (TPSA) is 151 Å². The van der Waals surface area contributed by atoms with Crippen molar-refractivity contribution in [1.82, 2.24) is 5.32 Å². The van der Waals surface area contributed by atoms with E-state index in [0.29, 0.717) is 12.8 Å². The van der Waals surface area contributed by atoms with Crippen molar-refractivity contribution in [2.24, 2.45) is 5.73 Å². The number of nitrogens with one attached hydrogen (secondary N) is 1. The number of aliphatic hydroxyl groups is 2. The fourth-order valence-electron chi connectivity index (χ4n) is 6.59. The predicted molar refractivity (Wildman–Crippen MR) is 218 cm³/mol. The minimum absolute atomic E-state index is 0.0600. The van der Waals surface area contributed by atoms with Gasteiger partial charge in [-0.1, -0.05) is 180 Å². The van der Waals surface area contributed by atoms with Crippen LogP contribution in [0.3, 0.4) is 0 Å². The Labute approximate surface area is 320 Å². The summed E-state index contributed by atoms with van der Waals surface area (Å²) in [5.41, 5.74) is 5.37. The summed E-state index contributed by atoms with van der Waals surface area (Å²) in [5.74, 6) is -0.417. The number of rotatable bonds is 41. The Kier molecular flexibility index (Phi) is 37.9. The predicted octanol–water partition coefficient (Wildman–Crippen LogP) is 11.0. The first-order valence-electron chi connectivity index (χ1n) is 21.9. The van der Waals surface area contributed by atoms with Crippen molar-refractivity contribution >= 4 is 13.7 Å². The smallest absolute Gasteiger partial charge is 0.393 e. The Morgan fingerprint density at radius 1 is 0.635 bits per heavy atom. The number of hydrogen-bond donors (Lipinski definition) is 5. The third-order valence-electron chi connectivity index (χ3n) is 9.92. The number of nitrogens with two attached hydrogens (primary N) is 1. The molecule has 0 bridgehead atoms. The van der Waals surface area contributed by atoms with Crippen molar-refractivity contribution in [1.29, 1.82) is 0 Å². The van der Waals surface area contributed by atoms with Crippen LogP contribution in [-0.4, -0.2) is 59.0 Å². The van der Waals surface area contributed by atoms with Crippen LogP contribution in [0, 0.1) is 0 Å². The van der Waals surface area contributed by atoms with Crippen molar-refractivity contribution in [3.05, 3.63) is 12.2 Å². The summed E-state index contributed by atoms with van der Waals surface area (Å²) in [6.07, 6.45) is 38.2. The lowest BCUT2D eigenvalue weighted by Crippen LogP contribution is -2.47. The maximum Gasteiger partial charge on any atom is 0.472 e. The summed E-state index contributed by atoms with van der Waals surface area (Å²) in [6.45, 7) is 4.04. The van der Waals surface area contributed by atoms with Crippen LogP contribution in [0.15, 0.2) is 12.2 Å². The van der Waals surface area contributed by atoms with Crippen molar-refractivity contribution in [3.8, 4) is 0 Å². The number of carbonyl (C=O) groups excluding carboxylic acids is 1. The minimum atomic E-state index is -4.37. The molecule has 0 aliphatic carbocycles. The Balaban J connectivity index is 4.27. The summed E-state index contributed by atoms with van der Waals surface area (Å²) < 4.78 is 22.1. The van der Waals surface area contributed by atoms with Gasteiger partial charge in [0.2, 0.25) is 5.91 Å². The largest absolute Gasteiger partial charge is 0.472 e. The number of hydrogen-bond acceptors (Lipinski definition) is 7. The molecule has 0 aliphatic rings. The highest BCUT2D eigenvalue weighted by Gasteiger charge is 2.28. The van der Waals surface area contributed by atoms with Crippen molar-refractivity contribution in [2.45, 2.75) is 231 Å². The number of allylic oxidation sites excluding steroid dienone is 2. The van der Waals surface area contributed by atoms with E-state index >= 15 is 0 Å². The van der Waals surface area contributed by atoms with E-state index in [9.17, 15) is 24.5 Å². The molecule has 52 heavy (non-hydrogen) atoms. The van der Waals surface area contributed by atoms with E-state index in [2.05, 4.69) is 31.3 Å². The van der Waals surface area contributed by atoms with Crippen LogP contribution in [-0.2, 0) is 18.4 Å². The molecule has 1 amide bonds. The van der Waals surface area contributed by atoms with E-state index in [1.54, 1.807) is 0 Å². The molecule has 4 unspecified atom stereocenters. The Bertz CT molecular complexity index is 847. The summed E-state index contributed by atoms with van der Waals surface area (Å²) >= 11 is 0. The molecule has 0 aromatic carbocycles. The van der Waals surface area contributed by atoms with Gasteiger partial charge in [-0.05, 0) is 38.5 Å². The number of phosphoric acid groups is 1. The highest BCUT2D eigenvalue weighted by Crippen LogP contribution is 2.43. The lowest BCUT2D eigenvalue weighted by atomic mass is 10.0. The zero-order valence-corrected chi connectivity index (χ0v) is 34.8. The summed E-state index contributed by atoms with van der Waals surface area (Å²) in [7, 11) is -4.37. The normalized spacial score (nSPS) is 14.8. The molecule has 0 aromatic rings. The van der Waals surface area contributed by atoms with Gasteiger partial charge in [0.05, 0.1) is 37.9 Å². The zero-order chi connectivity index (χ0) is 38.4. The maximum atomic E-state index is 12.8. The SMILES string of the molecule is CCCCCC/C=C\CCCCCCCC(O)CC(=O)NC(COP(=O)(O)OCCN)C(O)CCCCCCCCCCCCCCCCCCC. The first-order chi connectivity index (χ1) is 25.3. The van der Waals surface area contributed by atoms with Crippen LogP contribution in [0.4, 0.5) is 0 Å². The fraction of sp³-hybridized carbons (Fsp3) is 0.929. The van der Waals surface area contributed by atoms with Crippen LogP contribution in [0.5, 0.6) is 0 Å². The number of phosphoric ester groups is 1. The molecule has 0 saturated heterocycles. The standard InChI is InChI=1S/C42H85N2O7P/c1-3-5-7-9-11-13-15-17-18-19-20-22-24-26-28-30-32-34-41(46)40(38-51-52(48,49)50-36-35-43)44-42(47)37-39(45)33-31-29-27-25-23-21-16-14-12-10-8-6-4-2/h14,16,39-41,45-46H,3-13,15,17-38,43H2,1-2H3,(H,44,47)(H,48,49)/b16-14-. The van der Waals surface area contributed by atoms with Gasteiger partial charge in [-0.15, -0.1) is 0 Å². The third kappa shape index (κ3) is 36.2. The summed E-state index contributed by atoms with van der Waals surface area (Å²) in [5, 5.41) is 24.2. The molecule has 4 atom stereocenters. The first kappa shape index (κ1) is 51.2. The van der Waals surface area contributed by atoms with E-state index in [0.717, 1.165) is 44.9 Å². The Morgan fingerprint density at radius 3 is 1.50 bits per heavy atom. The van der Waals surface area contributed by atoms with E-state index in [4.69, 9.17) is 14.8 Å². The van der Waals surface area contributed by atoms with E-state index < -0.39 is 32.0 Å². The maximum absolute atomic E-state index is 12.8. The summed E-state index contributed by atoms with van der Waals surface area (Å²) in [6, 6.07) is -0.895. The van der Waals surface area contributed by atoms with Crippen LogP contribution >= 0.6 is 7.82 Å². The molecule has 0 saturated carbocycles. The van der Waals surface area contributed by atoms with Gasteiger partial charge < -0.3 is 26.2 Å². The average Bonchev–Trinajstić information content (AvgIpc) is 3.12. The molecule has 0 radical (unpaired) electrons. The molecule has 0 fully saturated rings. The van der Waals surface area contributed by atoms with Crippen LogP contribution in [0.2, 0.25) is 0 Å². The number of carbonyl (C=O) groups is 1. The molecule has 10 heteroatoms. The van der Waals surface area contributed by atoms with Gasteiger partial charge in [-0.2, -0.15) is 0 Å². The van der Waals surface area contributed by atoms with Crippen molar-refractivity contribution in [3.63, 3.8) is 0 Å². The fourth-order valence-corrected chi connectivity index (χ4v) is 7.35. The second-order valence-electron chi connectivity index (χ2n) is 15.1. The molecule has 0 aliphatic heterocycles. The van der Waals surface area contributed by atoms with Gasteiger partial charge in [0.25, 0.3) is 0 Å². The van der Waals surface area contributed by atoms with Gasteiger partial charge in [-0.3, -0.25) is 13.8 Å². The average molecular weight is 761 g/mol. The number of amides is 1. The minimum Gasteiger partial charge on any atom is -0.393 e. The second-order valence-corrected chi connectivity index (χ2v) is 16.6. The lowest BCUT2D eigenvalue weighted by molar-refractivity contribution is -0.125.